The van der Waals surface area contributed by atoms with E-state index in [1.54, 1.807) is 5.57 Å². The molecule has 8 atom stereocenters. The summed E-state index contributed by atoms with van der Waals surface area (Å²) in [5.41, 5.74) is 3.12. The number of hydrogen-bond donors (Lipinski definition) is 0. The molecule has 0 radical (unpaired) electrons. The lowest BCUT2D eigenvalue weighted by atomic mass is 9.47. The van der Waals surface area contributed by atoms with Crippen molar-refractivity contribution in [3.05, 3.63) is 47.5 Å². The summed E-state index contributed by atoms with van der Waals surface area (Å²) >= 11 is 0. The van der Waals surface area contributed by atoms with E-state index >= 15 is 0 Å². The fraction of sp³-hybridized carbons (Fsp3) is 0.735. The van der Waals surface area contributed by atoms with Crippen LogP contribution in [0.1, 0.15) is 116 Å². The van der Waals surface area contributed by atoms with Gasteiger partial charge in [0.1, 0.15) is 6.10 Å². The van der Waals surface area contributed by atoms with Crippen molar-refractivity contribution in [2.24, 2.45) is 46.3 Å². The molecule has 2 heteroatoms. The molecule has 3 fully saturated rings. The summed E-state index contributed by atoms with van der Waals surface area (Å²) in [6.45, 7) is 12.6. The molecule has 0 saturated heterocycles. The maximum atomic E-state index is 12.7. The van der Waals surface area contributed by atoms with Crippen molar-refractivity contribution >= 4 is 5.97 Å². The summed E-state index contributed by atoms with van der Waals surface area (Å²) < 4.78 is 6.00. The first-order chi connectivity index (χ1) is 17.2. The second-order valence-corrected chi connectivity index (χ2v) is 13.9. The summed E-state index contributed by atoms with van der Waals surface area (Å²) in [5, 5.41) is 0. The highest BCUT2D eigenvalue weighted by Crippen LogP contribution is 2.67. The van der Waals surface area contributed by atoms with Crippen molar-refractivity contribution in [2.75, 3.05) is 0 Å². The van der Waals surface area contributed by atoms with Gasteiger partial charge in [-0.3, -0.25) is 0 Å². The van der Waals surface area contributed by atoms with Gasteiger partial charge in [0.15, 0.2) is 0 Å². The van der Waals surface area contributed by atoms with Crippen LogP contribution in [0.25, 0.3) is 0 Å². The van der Waals surface area contributed by atoms with Crippen LogP contribution in [-0.2, 0) is 4.74 Å². The number of ether oxygens (including phenoxy) is 1. The number of hydrogen-bond acceptors (Lipinski definition) is 2. The van der Waals surface area contributed by atoms with Gasteiger partial charge in [-0.1, -0.05) is 83.7 Å². The number of allylic oxidation sites excluding steroid dienone is 1. The Morgan fingerprint density at radius 2 is 1.75 bits per heavy atom. The molecule has 1 aromatic carbocycles. The second kappa shape index (κ2) is 10.3. The SMILES string of the molecule is CC(C)CCC[C@@H](C)[C@@H]1CC[C@@H]2[C@H]3CC=C4C[C@@H](OC(=O)c5ccccc5)CC[C@]4(C)[C@H]3CC[C@@]21C. The topological polar surface area (TPSA) is 26.3 Å². The minimum Gasteiger partial charge on any atom is -0.458 e. The van der Waals surface area contributed by atoms with Crippen molar-refractivity contribution < 1.29 is 9.53 Å². The van der Waals surface area contributed by atoms with Crippen LogP contribution in [0.4, 0.5) is 0 Å². The summed E-state index contributed by atoms with van der Waals surface area (Å²) in [6.07, 6.45) is 17.0. The summed E-state index contributed by atoms with van der Waals surface area (Å²) in [4.78, 5) is 12.7. The molecule has 3 saturated carbocycles. The third kappa shape index (κ3) is 4.71. The van der Waals surface area contributed by atoms with E-state index in [9.17, 15) is 4.79 Å². The number of benzene rings is 1. The third-order valence-electron chi connectivity index (χ3n) is 11.5. The Labute approximate surface area is 220 Å². The molecular weight excluding hydrogens is 440 g/mol. The zero-order valence-corrected chi connectivity index (χ0v) is 23.6. The highest BCUT2D eigenvalue weighted by Gasteiger charge is 2.59. The lowest BCUT2D eigenvalue weighted by molar-refractivity contribution is -0.0594. The molecule has 0 amide bonds. The first-order valence-corrected chi connectivity index (χ1v) is 15.2. The van der Waals surface area contributed by atoms with Gasteiger partial charge < -0.3 is 4.74 Å². The molecule has 198 valence electrons. The fourth-order valence-electron chi connectivity index (χ4n) is 9.55. The molecule has 0 aliphatic heterocycles. The Morgan fingerprint density at radius 1 is 0.972 bits per heavy atom. The largest absolute Gasteiger partial charge is 0.458 e. The van der Waals surface area contributed by atoms with Crippen LogP contribution in [-0.4, -0.2) is 12.1 Å². The van der Waals surface area contributed by atoms with Crippen LogP contribution < -0.4 is 0 Å². The lowest BCUT2D eigenvalue weighted by Crippen LogP contribution is -2.51. The Morgan fingerprint density at radius 3 is 2.50 bits per heavy atom. The zero-order valence-electron chi connectivity index (χ0n) is 23.6. The van der Waals surface area contributed by atoms with E-state index in [1.807, 2.05) is 30.3 Å². The van der Waals surface area contributed by atoms with Crippen molar-refractivity contribution in [1.82, 2.24) is 0 Å². The Kier molecular flexibility index (Phi) is 7.45. The molecule has 0 spiro atoms. The molecular formula is C34H50O2. The Balaban J connectivity index is 1.25. The quantitative estimate of drug-likeness (QED) is 0.281. The lowest BCUT2D eigenvalue weighted by Gasteiger charge is -2.58. The molecule has 0 N–H and O–H groups in total. The minimum absolute atomic E-state index is 0.0324. The summed E-state index contributed by atoms with van der Waals surface area (Å²) in [6, 6.07) is 9.49. The van der Waals surface area contributed by atoms with Gasteiger partial charge >= 0.3 is 5.97 Å². The van der Waals surface area contributed by atoms with Crippen LogP contribution in [0.3, 0.4) is 0 Å². The van der Waals surface area contributed by atoms with Gasteiger partial charge in [-0.15, -0.1) is 0 Å². The Bertz CT molecular complexity index is 947. The number of esters is 1. The monoisotopic (exact) mass is 490 g/mol. The van der Waals surface area contributed by atoms with E-state index in [0.717, 1.165) is 48.3 Å². The summed E-state index contributed by atoms with van der Waals surface area (Å²) in [5.74, 6) is 5.03. The smallest absolute Gasteiger partial charge is 0.338 e. The van der Waals surface area contributed by atoms with Crippen molar-refractivity contribution in [1.29, 1.82) is 0 Å². The first kappa shape index (κ1) is 26.1. The van der Waals surface area contributed by atoms with Crippen LogP contribution in [0.15, 0.2) is 42.0 Å². The standard InChI is InChI=1S/C34H50O2/c1-23(2)10-9-11-24(3)29-16-17-30-28-15-14-26-22-27(36-32(35)25-12-7-6-8-13-25)18-20-33(26,4)31(28)19-21-34(29,30)5/h6-8,12-14,23-24,27-31H,9-11,15-22H2,1-5H3/t24-,27+,28-,29+,30-,31+,33+,34-/m1/s1. The summed E-state index contributed by atoms with van der Waals surface area (Å²) in [7, 11) is 0. The molecule has 36 heavy (non-hydrogen) atoms. The van der Waals surface area contributed by atoms with Crippen LogP contribution in [0.2, 0.25) is 0 Å². The van der Waals surface area contributed by atoms with E-state index in [4.69, 9.17) is 4.74 Å². The molecule has 0 bridgehead atoms. The van der Waals surface area contributed by atoms with E-state index in [0.29, 0.717) is 16.4 Å². The molecule has 5 rings (SSSR count). The number of fused-ring (bicyclic) bond motifs is 5. The van der Waals surface area contributed by atoms with Gasteiger partial charge in [-0.25, -0.2) is 4.79 Å². The molecule has 0 heterocycles. The van der Waals surface area contributed by atoms with Crippen LogP contribution >= 0.6 is 0 Å². The van der Waals surface area contributed by atoms with Crippen LogP contribution in [0.5, 0.6) is 0 Å². The van der Waals surface area contributed by atoms with Gasteiger partial charge in [-0.05, 0) is 103 Å². The van der Waals surface area contributed by atoms with Crippen LogP contribution in [0, 0.1) is 46.3 Å². The maximum absolute atomic E-state index is 12.7. The molecule has 1 aromatic rings. The number of carbonyl (C=O) groups excluding carboxylic acids is 1. The normalized spacial score (nSPS) is 38.5. The number of rotatable bonds is 7. The Hall–Kier alpha value is -1.57. The van der Waals surface area contributed by atoms with Crippen molar-refractivity contribution in [3.63, 3.8) is 0 Å². The van der Waals surface area contributed by atoms with Gasteiger partial charge in [-0.2, -0.15) is 0 Å². The average molecular weight is 491 g/mol. The molecule has 0 aromatic heterocycles. The first-order valence-electron chi connectivity index (χ1n) is 15.2. The van der Waals surface area contributed by atoms with Crippen molar-refractivity contribution in [3.8, 4) is 0 Å². The minimum atomic E-state index is -0.161. The van der Waals surface area contributed by atoms with Crippen molar-refractivity contribution in [2.45, 2.75) is 111 Å². The predicted molar refractivity (Wildman–Crippen MR) is 149 cm³/mol. The van der Waals surface area contributed by atoms with E-state index < -0.39 is 0 Å². The van der Waals surface area contributed by atoms with Gasteiger partial charge in [0.05, 0.1) is 5.56 Å². The number of carbonyl (C=O) groups is 1. The molecule has 0 unspecified atom stereocenters. The van der Waals surface area contributed by atoms with Gasteiger partial charge in [0.2, 0.25) is 0 Å². The molecule has 2 nitrogen and oxygen atoms in total. The van der Waals surface area contributed by atoms with Gasteiger partial charge in [0, 0.05) is 6.42 Å². The second-order valence-electron chi connectivity index (χ2n) is 13.9. The van der Waals surface area contributed by atoms with E-state index in [-0.39, 0.29) is 12.1 Å². The maximum Gasteiger partial charge on any atom is 0.338 e. The zero-order chi connectivity index (χ0) is 25.5. The highest BCUT2D eigenvalue weighted by molar-refractivity contribution is 5.89. The predicted octanol–water partition coefficient (Wildman–Crippen LogP) is 9.25. The fourth-order valence-corrected chi connectivity index (χ4v) is 9.55. The highest BCUT2D eigenvalue weighted by atomic mass is 16.5. The van der Waals surface area contributed by atoms with E-state index in [2.05, 4.69) is 40.7 Å². The average Bonchev–Trinajstić information content (AvgIpc) is 3.22. The molecule has 4 aliphatic rings. The van der Waals surface area contributed by atoms with Gasteiger partial charge in [0.25, 0.3) is 0 Å². The van der Waals surface area contributed by atoms with E-state index in [1.165, 1.54) is 57.8 Å². The molecule has 4 aliphatic carbocycles. The third-order valence-corrected chi connectivity index (χ3v) is 11.5.